The molecular weight excluding hydrogens is 258 g/mol. The van der Waals surface area contributed by atoms with Gasteiger partial charge in [-0.15, -0.1) is 0 Å². The quantitative estimate of drug-likeness (QED) is 0.790. The van der Waals surface area contributed by atoms with Crippen molar-refractivity contribution >= 4 is 5.97 Å². The minimum absolute atomic E-state index is 0.0741. The zero-order chi connectivity index (χ0) is 14.1. The Labute approximate surface area is 114 Å². The van der Waals surface area contributed by atoms with Crippen molar-refractivity contribution in [3.8, 4) is 17.3 Å². The highest BCUT2D eigenvalue weighted by molar-refractivity contribution is 5.94. The third-order valence-corrected chi connectivity index (χ3v) is 2.80. The van der Waals surface area contributed by atoms with Gasteiger partial charge >= 0.3 is 5.97 Å². The molecule has 6 heteroatoms. The fourth-order valence-electron chi connectivity index (χ4n) is 1.88. The number of carboxylic acids is 1. The fraction of sp³-hybridized carbons (Fsp3) is 0.0714. The lowest BCUT2D eigenvalue weighted by Crippen LogP contribution is -1.97. The summed E-state index contributed by atoms with van der Waals surface area (Å²) in [7, 11) is 0. The number of rotatable bonds is 3. The lowest BCUT2D eigenvalue weighted by molar-refractivity contribution is 0.0697. The first kappa shape index (κ1) is 12.2. The third-order valence-electron chi connectivity index (χ3n) is 2.80. The number of hydrogen-bond donors (Lipinski definition) is 1. The van der Waals surface area contributed by atoms with Crippen molar-refractivity contribution in [1.29, 1.82) is 0 Å². The van der Waals surface area contributed by atoms with Crippen molar-refractivity contribution in [1.82, 2.24) is 14.8 Å². The zero-order valence-electron chi connectivity index (χ0n) is 10.6. The molecule has 0 aliphatic carbocycles. The van der Waals surface area contributed by atoms with Crippen LogP contribution in [0.5, 0.6) is 0 Å². The number of nitrogens with zero attached hydrogens (tertiary/aromatic N) is 3. The van der Waals surface area contributed by atoms with E-state index in [-0.39, 0.29) is 11.3 Å². The smallest absolute Gasteiger partial charge is 0.339 e. The number of carboxylic acid groups (broad SMARTS) is 1. The number of pyridine rings is 1. The number of furan rings is 1. The molecule has 0 fully saturated rings. The molecule has 0 aromatic carbocycles. The molecule has 0 aliphatic heterocycles. The van der Waals surface area contributed by atoms with Gasteiger partial charge in [0.15, 0.2) is 11.6 Å². The standard InChI is InChI=1S/C14H11N3O3/c1-9-5-6-11(20-9)13-10(14(18)19)8-17(16-13)12-4-2-3-7-15-12/h2-8H,1H3,(H,18,19). The second-order valence-corrected chi connectivity index (χ2v) is 4.24. The highest BCUT2D eigenvalue weighted by Crippen LogP contribution is 2.25. The van der Waals surface area contributed by atoms with E-state index in [1.54, 1.807) is 43.5 Å². The summed E-state index contributed by atoms with van der Waals surface area (Å²) in [4.78, 5) is 15.5. The van der Waals surface area contributed by atoms with Crippen molar-refractivity contribution in [2.24, 2.45) is 0 Å². The number of aromatic carboxylic acids is 1. The molecule has 20 heavy (non-hydrogen) atoms. The van der Waals surface area contributed by atoms with Crippen LogP contribution in [0.15, 0.2) is 47.1 Å². The Morgan fingerprint density at radius 2 is 2.15 bits per heavy atom. The second kappa shape index (κ2) is 4.65. The fourth-order valence-corrected chi connectivity index (χ4v) is 1.88. The average molecular weight is 269 g/mol. The van der Waals surface area contributed by atoms with Crippen molar-refractivity contribution < 1.29 is 14.3 Å². The molecule has 3 aromatic heterocycles. The maximum absolute atomic E-state index is 11.3. The topological polar surface area (TPSA) is 81.2 Å². The van der Waals surface area contributed by atoms with E-state index >= 15 is 0 Å². The van der Waals surface area contributed by atoms with Crippen molar-refractivity contribution in [3.63, 3.8) is 0 Å². The minimum Gasteiger partial charge on any atom is -0.478 e. The van der Waals surface area contributed by atoms with Gasteiger partial charge in [-0.1, -0.05) is 6.07 Å². The molecule has 3 aromatic rings. The maximum Gasteiger partial charge on any atom is 0.339 e. The lowest BCUT2D eigenvalue weighted by Gasteiger charge is -1.97. The minimum atomic E-state index is -1.06. The Bertz CT molecular complexity index is 759. The Kier molecular flexibility index (Phi) is 2.83. The predicted octanol–water partition coefficient (Wildman–Crippen LogP) is 2.53. The molecule has 0 aliphatic rings. The first-order valence-electron chi connectivity index (χ1n) is 5.96. The molecule has 0 spiro atoms. The van der Waals surface area contributed by atoms with Gasteiger partial charge in [0.1, 0.15) is 17.0 Å². The summed E-state index contributed by atoms with van der Waals surface area (Å²) in [5.41, 5.74) is 0.362. The van der Waals surface area contributed by atoms with Gasteiger partial charge < -0.3 is 9.52 Å². The van der Waals surface area contributed by atoms with E-state index in [4.69, 9.17) is 4.42 Å². The Balaban J connectivity index is 2.15. The van der Waals surface area contributed by atoms with E-state index < -0.39 is 5.97 Å². The van der Waals surface area contributed by atoms with E-state index in [2.05, 4.69) is 10.1 Å². The highest BCUT2D eigenvalue weighted by atomic mass is 16.4. The number of carbonyl (C=O) groups is 1. The molecule has 1 N–H and O–H groups in total. The molecule has 0 atom stereocenters. The Morgan fingerprint density at radius 3 is 2.75 bits per heavy atom. The largest absolute Gasteiger partial charge is 0.478 e. The zero-order valence-corrected chi connectivity index (χ0v) is 10.6. The summed E-state index contributed by atoms with van der Waals surface area (Å²) in [6, 6.07) is 8.80. The van der Waals surface area contributed by atoms with Crippen LogP contribution in [0.1, 0.15) is 16.1 Å². The molecule has 0 saturated heterocycles. The summed E-state index contributed by atoms with van der Waals surface area (Å²) in [6.07, 6.45) is 3.05. The molecule has 100 valence electrons. The van der Waals surface area contributed by atoms with Crippen LogP contribution < -0.4 is 0 Å². The lowest BCUT2D eigenvalue weighted by atomic mass is 10.2. The summed E-state index contributed by atoms with van der Waals surface area (Å²) in [6.45, 7) is 1.79. The Hall–Kier alpha value is -2.89. The van der Waals surface area contributed by atoms with Crippen LogP contribution in [0.25, 0.3) is 17.3 Å². The van der Waals surface area contributed by atoms with Crippen LogP contribution in [0.3, 0.4) is 0 Å². The predicted molar refractivity (Wildman–Crippen MR) is 70.8 cm³/mol. The van der Waals surface area contributed by atoms with E-state index in [0.29, 0.717) is 17.3 Å². The Morgan fingerprint density at radius 1 is 1.30 bits per heavy atom. The summed E-state index contributed by atoms with van der Waals surface area (Å²) in [5.74, 6) is 0.610. The molecule has 0 bridgehead atoms. The second-order valence-electron chi connectivity index (χ2n) is 4.24. The SMILES string of the molecule is Cc1ccc(-c2nn(-c3ccccn3)cc2C(=O)O)o1. The monoisotopic (exact) mass is 269 g/mol. The summed E-state index contributed by atoms with van der Waals surface area (Å²) in [5, 5.41) is 13.5. The molecule has 0 radical (unpaired) electrons. The van der Waals surface area contributed by atoms with Crippen molar-refractivity contribution in [2.75, 3.05) is 0 Å². The van der Waals surface area contributed by atoms with E-state index in [0.717, 1.165) is 0 Å². The number of aromatic nitrogens is 3. The summed E-state index contributed by atoms with van der Waals surface area (Å²) < 4.78 is 6.88. The molecule has 0 unspecified atom stereocenters. The van der Waals surface area contributed by atoms with E-state index in [1.165, 1.54) is 10.9 Å². The van der Waals surface area contributed by atoms with Crippen LogP contribution in [0.4, 0.5) is 0 Å². The van der Waals surface area contributed by atoms with Gasteiger partial charge in [0.25, 0.3) is 0 Å². The van der Waals surface area contributed by atoms with Gasteiger partial charge in [-0.3, -0.25) is 0 Å². The van der Waals surface area contributed by atoms with Crippen LogP contribution >= 0.6 is 0 Å². The van der Waals surface area contributed by atoms with Crippen molar-refractivity contribution in [2.45, 2.75) is 6.92 Å². The average Bonchev–Trinajstić information content (AvgIpc) is 3.05. The van der Waals surface area contributed by atoms with Crippen LogP contribution in [0.2, 0.25) is 0 Å². The van der Waals surface area contributed by atoms with Gasteiger partial charge in [-0.25, -0.2) is 14.5 Å². The first-order chi connectivity index (χ1) is 9.65. The van der Waals surface area contributed by atoms with E-state index in [9.17, 15) is 9.90 Å². The van der Waals surface area contributed by atoms with Gasteiger partial charge in [-0.05, 0) is 31.2 Å². The van der Waals surface area contributed by atoms with Crippen LogP contribution in [-0.4, -0.2) is 25.8 Å². The van der Waals surface area contributed by atoms with E-state index in [1.807, 2.05) is 0 Å². The molecule has 3 heterocycles. The number of aryl methyl sites for hydroxylation is 1. The normalized spacial score (nSPS) is 10.7. The third kappa shape index (κ3) is 2.07. The highest BCUT2D eigenvalue weighted by Gasteiger charge is 2.20. The molecule has 6 nitrogen and oxygen atoms in total. The van der Waals surface area contributed by atoms with Crippen molar-refractivity contribution in [3.05, 3.63) is 54.0 Å². The molecule has 0 saturated carbocycles. The van der Waals surface area contributed by atoms with Gasteiger partial charge in [0.05, 0.1) is 0 Å². The summed E-state index contributed by atoms with van der Waals surface area (Å²) >= 11 is 0. The van der Waals surface area contributed by atoms with Gasteiger partial charge in [-0.2, -0.15) is 5.10 Å². The molecular formula is C14H11N3O3. The first-order valence-corrected chi connectivity index (χ1v) is 5.96. The van der Waals surface area contributed by atoms with Crippen LogP contribution in [-0.2, 0) is 0 Å². The number of hydrogen-bond acceptors (Lipinski definition) is 4. The van der Waals surface area contributed by atoms with Gasteiger partial charge in [0.2, 0.25) is 0 Å². The van der Waals surface area contributed by atoms with Gasteiger partial charge in [0, 0.05) is 12.4 Å². The maximum atomic E-state index is 11.3. The molecule has 3 rings (SSSR count). The molecule has 0 amide bonds. The van der Waals surface area contributed by atoms with Crippen LogP contribution in [0, 0.1) is 6.92 Å².